The molecule has 80 valence electrons. The Morgan fingerprint density at radius 1 is 1.47 bits per heavy atom. The van der Waals surface area contributed by atoms with E-state index in [1.54, 1.807) is 13.0 Å². The molecular weight excluding hydrogens is 192 g/mol. The first-order valence-electron chi connectivity index (χ1n) is 4.81. The maximum absolute atomic E-state index is 11.0. The molecule has 0 saturated heterocycles. The molecule has 1 N–H and O–H groups in total. The van der Waals surface area contributed by atoms with Crippen LogP contribution in [-0.4, -0.2) is 17.7 Å². The quantitative estimate of drug-likeness (QED) is 0.603. The van der Waals surface area contributed by atoms with Crippen molar-refractivity contribution < 1.29 is 14.6 Å². The van der Waals surface area contributed by atoms with Crippen LogP contribution in [-0.2, 0) is 16.1 Å². The molecule has 0 saturated carbocycles. The number of benzene rings is 1. The van der Waals surface area contributed by atoms with Gasteiger partial charge in [-0.15, -0.1) is 0 Å². The Bertz CT molecular complexity index is 356. The maximum atomic E-state index is 11.0. The van der Waals surface area contributed by atoms with Crippen LogP contribution in [0.2, 0.25) is 0 Å². The number of carbonyl (C=O) groups is 1. The highest BCUT2D eigenvalue weighted by molar-refractivity contribution is 5.87. The molecule has 0 spiro atoms. The fourth-order valence-corrected chi connectivity index (χ4v) is 1.19. The summed E-state index contributed by atoms with van der Waals surface area (Å²) in [7, 11) is 0. The van der Waals surface area contributed by atoms with E-state index < -0.39 is 0 Å². The molecule has 0 fully saturated rings. The Balaban J connectivity index is 2.75. The Labute approximate surface area is 89.0 Å². The predicted molar refractivity (Wildman–Crippen MR) is 58.0 cm³/mol. The zero-order valence-corrected chi connectivity index (χ0v) is 8.64. The molecule has 0 heterocycles. The summed E-state index contributed by atoms with van der Waals surface area (Å²) in [6.07, 6.45) is 3.00. The molecule has 0 radical (unpaired) electrons. The van der Waals surface area contributed by atoms with Gasteiger partial charge in [0.05, 0.1) is 13.2 Å². The highest BCUT2D eigenvalue weighted by atomic mass is 16.5. The lowest BCUT2D eigenvalue weighted by atomic mass is 10.1. The molecule has 1 aromatic carbocycles. The van der Waals surface area contributed by atoms with Crippen LogP contribution < -0.4 is 0 Å². The first kappa shape index (κ1) is 11.5. The number of carbonyl (C=O) groups excluding carboxylic acids is 1. The van der Waals surface area contributed by atoms with E-state index in [-0.39, 0.29) is 12.6 Å². The van der Waals surface area contributed by atoms with Crippen molar-refractivity contribution in [2.75, 3.05) is 6.61 Å². The zero-order valence-electron chi connectivity index (χ0n) is 8.64. The van der Waals surface area contributed by atoms with Gasteiger partial charge < -0.3 is 9.84 Å². The average Bonchev–Trinajstić information content (AvgIpc) is 2.27. The molecule has 1 rings (SSSR count). The molecule has 3 nitrogen and oxygen atoms in total. The first-order chi connectivity index (χ1) is 7.27. The van der Waals surface area contributed by atoms with Gasteiger partial charge in [-0.3, -0.25) is 0 Å². The van der Waals surface area contributed by atoms with Gasteiger partial charge in [0.25, 0.3) is 0 Å². The standard InChI is InChI=1S/C12H14O3/c1-2-15-12(14)8-7-10-5-3-4-6-11(10)9-13/h3-8,13H,2,9H2,1H3/b8-7+. The van der Waals surface area contributed by atoms with Crippen LogP contribution in [0, 0.1) is 0 Å². The monoisotopic (exact) mass is 206 g/mol. The lowest BCUT2D eigenvalue weighted by Crippen LogP contribution is -1.99. The van der Waals surface area contributed by atoms with Crippen molar-refractivity contribution in [3.63, 3.8) is 0 Å². The van der Waals surface area contributed by atoms with Crippen molar-refractivity contribution in [1.29, 1.82) is 0 Å². The number of hydrogen-bond donors (Lipinski definition) is 1. The summed E-state index contributed by atoms with van der Waals surface area (Å²) < 4.78 is 4.75. The molecule has 0 unspecified atom stereocenters. The fraction of sp³-hybridized carbons (Fsp3) is 0.250. The van der Waals surface area contributed by atoms with E-state index in [0.29, 0.717) is 6.61 Å². The van der Waals surface area contributed by atoms with Gasteiger partial charge in [0, 0.05) is 6.08 Å². The number of hydrogen-bond acceptors (Lipinski definition) is 3. The van der Waals surface area contributed by atoms with E-state index in [4.69, 9.17) is 9.84 Å². The molecule has 0 amide bonds. The van der Waals surface area contributed by atoms with Crippen LogP contribution in [0.5, 0.6) is 0 Å². The van der Waals surface area contributed by atoms with Gasteiger partial charge in [-0.1, -0.05) is 24.3 Å². The molecule has 0 aliphatic rings. The van der Waals surface area contributed by atoms with Crippen molar-refractivity contribution in [2.45, 2.75) is 13.5 Å². The van der Waals surface area contributed by atoms with Gasteiger partial charge >= 0.3 is 5.97 Å². The lowest BCUT2D eigenvalue weighted by molar-refractivity contribution is -0.137. The Morgan fingerprint density at radius 3 is 2.87 bits per heavy atom. The largest absolute Gasteiger partial charge is 0.463 e. The van der Waals surface area contributed by atoms with Crippen molar-refractivity contribution in [1.82, 2.24) is 0 Å². The van der Waals surface area contributed by atoms with E-state index in [1.807, 2.05) is 24.3 Å². The average molecular weight is 206 g/mol. The van der Waals surface area contributed by atoms with Gasteiger partial charge in [0.2, 0.25) is 0 Å². The predicted octanol–water partition coefficient (Wildman–Crippen LogP) is 1.76. The van der Waals surface area contributed by atoms with Crippen LogP contribution >= 0.6 is 0 Å². The summed E-state index contributed by atoms with van der Waals surface area (Å²) in [6.45, 7) is 2.08. The Kier molecular flexibility index (Phi) is 4.57. The second-order valence-electron chi connectivity index (χ2n) is 2.94. The minimum absolute atomic E-state index is 0.0384. The molecule has 0 aliphatic carbocycles. The third-order valence-electron chi connectivity index (χ3n) is 1.91. The highest BCUT2D eigenvalue weighted by Gasteiger charge is 1.98. The summed E-state index contributed by atoms with van der Waals surface area (Å²) in [5.74, 6) is -0.370. The third-order valence-corrected chi connectivity index (χ3v) is 1.91. The molecule has 0 aromatic heterocycles. The van der Waals surface area contributed by atoms with Crippen molar-refractivity contribution >= 4 is 12.0 Å². The highest BCUT2D eigenvalue weighted by Crippen LogP contribution is 2.10. The number of aliphatic hydroxyl groups is 1. The van der Waals surface area contributed by atoms with Crippen molar-refractivity contribution in [3.8, 4) is 0 Å². The zero-order chi connectivity index (χ0) is 11.1. The number of rotatable bonds is 4. The summed E-state index contributed by atoms with van der Waals surface area (Å²) in [5, 5.41) is 9.04. The van der Waals surface area contributed by atoms with Gasteiger partial charge in [0.15, 0.2) is 0 Å². The molecule has 1 aromatic rings. The number of aliphatic hydroxyl groups excluding tert-OH is 1. The smallest absolute Gasteiger partial charge is 0.330 e. The van der Waals surface area contributed by atoms with Crippen LogP contribution in [0.25, 0.3) is 6.08 Å². The van der Waals surface area contributed by atoms with Gasteiger partial charge in [-0.25, -0.2) is 4.79 Å². The van der Waals surface area contributed by atoms with Crippen LogP contribution in [0.15, 0.2) is 30.3 Å². The van der Waals surface area contributed by atoms with E-state index in [0.717, 1.165) is 11.1 Å². The molecular formula is C12H14O3. The van der Waals surface area contributed by atoms with Crippen LogP contribution in [0.1, 0.15) is 18.1 Å². The topological polar surface area (TPSA) is 46.5 Å². The Hall–Kier alpha value is -1.61. The first-order valence-corrected chi connectivity index (χ1v) is 4.81. The third kappa shape index (κ3) is 3.56. The summed E-state index contributed by atoms with van der Waals surface area (Å²) >= 11 is 0. The SMILES string of the molecule is CCOC(=O)/C=C/c1ccccc1CO. The minimum atomic E-state index is -0.370. The molecule has 0 atom stereocenters. The maximum Gasteiger partial charge on any atom is 0.330 e. The summed E-state index contributed by atoms with van der Waals surface area (Å²) in [6, 6.07) is 7.34. The van der Waals surface area contributed by atoms with Crippen molar-refractivity contribution in [3.05, 3.63) is 41.5 Å². The van der Waals surface area contributed by atoms with E-state index in [9.17, 15) is 4.79 Å². The van der Waals surface area contributed by atoms with E-state index in [1.165, 1.54) is 6.08 Å². The van der Waals surface area contributed by atoms with Gasteiger partial charge in [-0.2, -0.15) is 0 Å². The summed E-state index contributed by atoms with van der Waals surface area (Å²) in [5.41, 5.74) is 1.62. The van der Waals surface area contributed by atoms with E-state index in [2.05, 4.69) is 0 Å². The van der Waals surface area contributed by atoms with Gasteiger partial charge in [-0.05, 0) is 24.1 Å². The second kappa shape index (κ2) is 5.98. The van der Waals surface area contributed by atoms with E-state index >= 15 is 0 Å². The second-order valence-corrected chi connectivity index (χ2v) is 2.94. The molecule has 0 bridgehead atoms. The molecule has 3 heteroatoms. The molecule has 0 aliphatic heterocycles. The van der Waals surface area contributed by atoms with Crippen LogP contribution in [0.4, 0.5) is 0 Å². The van der Waals surface area contributed by atoms with Crippen LogP contribution in [0.3, 0.4) is 0 Å². The number of ether oxygens (including phenoxy) is 1. The lowest BCUT2D eigenvalue weighted by Gasteiger charge is -2.01. The summed E-state index contributed by atoms with van der Waals surface area (Å²) in [4.78, 5) is 11.0. The van der Waals surface area contributed by atoms with Gasteiger partial charge in [0.1, 0.15) is 0 Å². The fourth-order valence-electron chi connectivity index (χ4n) is 1.19. The minimum Gasteiger partial charge on any atom is -0.463 e. The van der Waals surface area contributed by atoms with Crippen molar-refractivity contribution in [2.24, 2.45) is 0 Å². The normalized spacial score (nSPS) is 10.5. The Morgan fingerprint density at radius 2 is 2.20 bits per heavy atom. The molecule has 15 heavy (non-hydrogen) atoms. The number of esters is 1.